The molecule has 0 amide bonds. The maximum atomic E-state index is 12.7. The lowest BCUT2D eigenvalue weighted by atomic mass is 10.1. The number of carbonyl (C=O) groups excluding carboxylic acids is 1. The van der Waals surface area contributed by atoms with Crippen LogP contribution in [0, 0.1) is 0 Å². The molecular weight excluding hydrogens is 344 g/mol. The van der Waals surface area contributed by atoms with Crippen LogP contribution in [-0.4, -0.2) is 26.9 Å². The summed E-state index contributed by atoms with van der Waals surface area (Å²) in [7, 11) is 0. The Morgan fingerprint density at radius 2 is 1.80 bits per heavy atom. The first-order valence-electron chi connectivity index (χ1n) is 7.96. The van der Waals surface area contributed by atoms with Crippen LogP contribution >= 0.6 is 11.6 Å². The Kier molecular flexibility index (Phi) is 5.14. The number of alkyl halides is 1. The highest BCUT2D eigenvalue weighted by Gasteiger charge is 2.21. The Morgan fingerprint density at radius 3 is 2.32 bits per heavy atom. The summed E-state index contributed by atoms with van der Waals surface area (Å²) in [5, 5.41) is 0.338. The first-order valence-corrected chi connectivity index (χ1v) is 8.49. The number of nitrogens with zero attached hydrogens (tertiary/aromatic N) is 2. The third-order valence-electron chi connectivity index (χ3n) is 3.02. The third-order valence-corrected chi connectivity index (χ3v) is 3.25. The van der Waals surface area contributed by atoms with E-state index in [4.69, 9.17) is 21.2 Å². The molecule has 25 heavy (non-hydrogen) atoms. The molecule has 136 valence electrons. The fourth-order valence-electron chi connectivity index (χ4n) is 2.13. The van der Waals surface area contributed by atoms with Gasteiger partial charge >= 0.3 is 5.97 Å². The molecule has 7 heteroatoms. The van der Waals surface area contributed by atoms with Crippen LogP contribution in [0.5, 0.6) is 0 Å². The Labute approximate surface area is 151 Å². The van der Waals surface area contributed by atoms with E-state index in [0.29, 0.717) is 16.5 Å². The number of hydrogen-bond donors (Lipinski definition) is 0. The van der Waals surface area contributed by atoms with Gasteiger partial charge in [-0.05, 0) is 59.7 Å². The molecule has 6 nitrogen and oxygen atoms in total. The number of benzene rings is 1. The second-order valence-corrected chi connectivity index (χ2v) is 7.97. The van der Waals surface area contributed by atoms with E-state index >= 15 is 0 Å². The minimum Gasteiger partial charge on any atom is -0.456 e. The van der Waals surface area contributed by atoms with E-state index < -0.39 is 17.2 Å². The average Bonchev–Trinajstić information content (AvgIpc) is 2.46. The van der Waals surface area contributed by atoms with Gasteiger partial charge in [0.25, 0.3) is 5.56 Å². The highest BCUT2D eigenvalue weighted by atomic mass is 35.5. The summed E-state index contributed by atoms with van der Waals surface area (Å²) < 4.78 is 6.46. The van der Waals surface area contributed by atoms with Gasteiger partial charge in [-0.1, -0.05) is 0 Å². The molecule has 0 radical (unpaired) electrons. The summed E-state index contributed by atoms with van der Waals surface area (Å²) in [6.07, 6.45) is 0. The van der Waals surface area contributed by atoms with E-state index in [0.717, 1.165) is 4.73 Å². The van der Waals surface area contributed by atoms with Crippen molar-refractivity contribution in [2.75, 3.05) is 0 Å². The molecule has 0 saturated carbocycles. The number of ether oxygens (including phenoxy) is 1. The number of halogens is 1. The van der Waals surface area contributed by atoms with Crippen molar-refractivity contribution in [2.24, 2.45) is 0 Å². The second-order valence-electron chi connectivity index (χ2n) is 7.70. The van der Waals surface area contributed by atoms with E-state index in [2.05, 4.69) is 4.98 Å². The number of hydrogen-bond acceptors (Lipinski definition) is 5. The fraction of sp³-hybridized carbons (Fsp3) is 0.500. The third kappa shape index (κ3) is 4.72. The molecule has 0 unspecified atom stereocenters. The van der Waals surface area contributed by atoms with Gasteiger partial charge in [0.15, 0.2) is 5.82 Å². The van der Waals surface area contributed by atoms with E-state index in [-0.39, 0.29) is 17.3 Å². The van der Waals surface area contributed by atoms with Gasteiger partial charge in [0, 0.05) is 0 Å². The van der Waals surface area contributed by atoms with Gasteiger partial charge in [-0.2, -0.15) is 0 Å². The Hall–Kier alpha value is -2.08. The fourth-order valence-corrected chi connectivity index (χ4v) is 2.30. The Balaban J connectivity index is 2.56. The van der Waals surface area contributed by atoms with Gasteiger partial charge in [0.05, 0.1) is 22.3 Å². The topological polar surface area (TPSA) is 70.4 Å². The molecule has 0 aliphatic rings. The molecule has 1 aromatic heterocycles. The molecule has 0 saturated heterocycles. The normalized spacial score (nSPS) is 12.3. The number of esters is 1. The minimum atomic E-state index is -0.606. The van der Waals surface area contributed by atoms with Crippen molar-refractivity contribution in [1.82, 2.24) is 9.71 Å². The van der Waals surface area contributed by atoms with Gasteiger partial charge in [-0.25, -0.2) is 9.78 Å². The summed E-state index contributed by atoms with van der Waals surface area (Å²) in [5.41, 5.74) is -0.866. The minimum absolute atomic E-state index is 0.00206. The monoisotopic (exact) mass is 366 g/mol. The van der Waals surface area contributed by atoms with Crippen LogP contribution in [-0.2, 0) is 10.6 Å². The van der Waals surface area contributed by atoms with Crippen molar-refractivity contribution < 1.29 is 14.4 Å². The Morgan fingerprint density at radius 1 is 1.16 bits per heavy atom. The predicted molar refractivity (Wildman–Crippen MR) is 97.1 cm³/mol. The molecular formula is C18H23ClN2O4. The van der Waals surface area contributed by atoms with Crippen LogP contribution in [0.4, 0.5) is 0 Å². The summed E-state index contributed by atoms with van der Waals surface area (Å²) in [4.78, 5) is 35.0. The molecule has 0 aliphatic carbocycles. The summed E-state index contributed by atoms with van der Waals surface area (Å²) >= 11 is 5.93. The van der Waals surface area contributed by atoms with Gasteiger partial charge in [0.2, 0.25) is 0 Å². The Bertz CT molecular complexity index is 860. The lowest BCUT2D eigenvalue weighted by molar-refractivity contribution is -0.0246. The molecule has 0 fully saturated rings. The standard InChI is InChI=1S/C18H23ClN2O4/c1-17(2,3)24-16(23)11-7-8-12-13(9-11)20-14(10-19)21(15(12)22)25-18(4,5)6/h7-9H,10H2,1-6H3. The smallest absolute Gasteiger partial charge is 0.338 e. The molecule has 0 N–H and O–H groups in total. The van der Waals surface area contributed by atoms with E-state index in [1.807, 2.05) is 20.8 Å². The molecule has 2 aromatic rings. The summed E-state index contributed by atoms with van der Waals surface area (Å²) in [6.45, 7) is 10.8. The van der Waals surface area contributed by atoms with Crippen LogP contribution < -0.4 is 10.4 Å². The maximum Gasteiger partial charge on any atom is 0.338 e. The van der Waals surface area contributed by atoms with Gasteiger partial charge in [-0.3, -0.25) is 4.79 Å². The van der Waals surface area contributed by atoms with Crippen LogP contribution in [0.2, 0.25) is 0 Å². The SMILES string of the molecule is CC(C)(C)OC(=O)c1ccc2c(=O)n(OC(C)(C)C)c(CCl)nc2c1. The van der Waals surface area contributed by atoms with Crippen molar-refractivity contribution >= 4 is 28.5 Å². The molecule has 1 heterocycles. The van der Waals surface area contributed by atoms with Crippen molar-refractivity contribution in [3.63, 3.8) is 0 Å². The second kappa shape index (κ2) is 6.67. The molecule has 0 spiro atoms. The zero-order valence-electron chi connectivity index (χ0n) is 15.3. The number of carbonyl (C=O) groups is 1. The number of fused-ring (bicyclic) bond motifs is 1. The summed E-state index contributed by atoms with van der Waals surface area (Å²) in [6, 6.07) is 4.62. The van der Waals surface area contributed by atoms with Crippen molar-refractivity contribution in [3.8, 4) is 0 Å². The predicted octanol–water partition coefficient (Wildman–Crippen LogP) is 3.32. The molecule has 0 bridgehead atoms. The molecule has 1 aromatic carbocycles. The number of rotatable bonds is 3. The van der Waals surface area contributed by atoms with Gasteiger partial charge < -0.3 is 9.57 Å². The largest absolute Gasteiger partial charge is 0.456 e. The van der Waals surface area contributed by atoms with Crippen molar-refractivity contribution in [2.45, 2.75) is 58.6 Å². The highest BCUT2D eigenvalue weighted by molar-refractivity contribution is 6.16. The van der Waals surface area contributed by atoms with E-state index in [9.17, 15) is 9.59 Å². The first-order chi connectivity index (χ1) is 11.4. The van der Waals surface area contributed by atoms with Crippen LogP contribution in [0.1, 0.15) is 57.7 Å². The van der Waals surface area contributed by atoms with E-state index in [1.54, 1.807) is 32.9 Å². The number of aromatic nitrogens is 2. The lowest BCUT2D eigenvalue weighted by Crippen LogP contribution is -2.40. The quantitative estimate of drug-likeness (QED) is 0.615. The molecule has 0 atom stereocenters. The van der Waals surface area contributed by atoms with E-state index in [1.165, 1.54) is 6.07 Å². The van der Waals surface area contributed by atoms with Crippen LogP contribution in [0.3, 0.4) is 0 Å². The van der Waals surface area contributed by atoms with Crippen LogP contribution in [0.25, 0.3) is 10.9 Å². The molecule has 2 rings (SSSR count). The van der Waals surface area contributed by atoms with Gasteiger partial charge in [-0.15, -0.1) is 16.3 Å². The lowest BCUT2D eigenvalue weighted by Gasteiger charge is -2.23. The zero-order chi connectivity index (χ0) is 19.0. The van der Waals surface area contributed by atoms with Crippen molar-refractivity contribution in [3.05, 3.63) is 39.9 Å². The first kappa shape index (κ1) is 19.2. The summed E-state index contributed by atoms with van der Waals surface area (Å²) in [5.74, 6) is -0.202. The maximum absolute atomic E-state index is 12.7. The molecule has 0 aliphatic heterocycles. The van der Waals surface area contributed by atoms with Crippen LogP contribution in [0.15, 0.2) is 23.0 Å². The van der Waals surface area contributed by atoms with Gasteiger partial charge in [0.1, 0.15) is 11.2 Å². The van der Waals surface area contributed by atoms with Crippen molar-refractivity contribution in [1.29, 1.82) is 0 Å². The zero-order valence-corrected chi connectivity index (χ0v) is 16.1. The highest BCUT2D eigenvalue weighted by Crippen LogP contribution is 2.17. The average molecular weight is 367 g/mol.